The lowest BCUT2D eigenvalue weighted by atomic mass is 10.00. The summed E-state index contributed by atoms with van der Waals surface area (Å²) in [7, 11) is 0. The molecular formula is C54H74F6N6O2. The summed E-state index contributed by atoms with van der Waals surface area (Å²) < 4.78 is 88.5. The van der Waals surface area contributed by atoms with E-state index in [2.05, 4.69) is 27.7 Å². The third-order valence-corrected chi connectivity index (χ3v) is 13.8. The number of unbranched alkanes of at least 4 members (excludes halogenated alkanes) is 18. The molecule has 0 radical (unpaired) electrons. The molecule has 0 aliphatic carbocycles. The molecule has 0 saturated heterocycles. The Morgan fingerprint density at radius 1 is 0.412 bits per heavy atom. The lowest BCUT2D eigenvalue weighted by molar-refractivity contribution is -0.138. The maximum atomic E-state index is 14.2. The van der Waals surface area contributed by atoms with Crippen LogP contribution in [0.2, 0.25) is 0 Å². The minimum atomic E-state index is -4.67. The predicted octanol–water partition coefficient (Wildman–Crippen LogP) is 17.9. The number of alkyl halides is 6. The molecule has 14 heteroatoms. The van der Waals surface area contributed by atoms with E-state index in [4.69, 9.17) is 19.9 Å². The van der Waals surface area contributed by atoms with Gasteiger partial charge >= 0.3 is 12.4 Å². The summed E-state index contributed by atoms with van der Waals surface area (Å²) in [5.74, 6) is -0.559. The highest BCUT2D eigenvalue weighted by molar-refractivity contribution is 6.08. The molecule has 2 atom stereocenters. The summed E-state index contributed by atoms with van der Waals surface area (Å²) in [6.45, 7) is 8.63. The molecule has 2 N–H and O–H groups in total. The van der Waals surface area contributed by atoms with Gasteiger partial charge in [0.2, 0.25) is 11.8 Å². The topological polar surface area (TPSA) is 102 Å². The Kier molecular flexibility index (Phi) is 19.2. The van der Waals surface area contributed by atoms with Gasteiger partial charge in [-0.2, -0.15) is 26.3 Å². The quantitative estimate of drug-likeness (QED) is 0.0359. The van der Waals surface area contributed by atoms with Crippen LogP contribution in [0.25, 0.3) is 55.5 Å². The first-order valence-electron chi connectivity index (χ1n) is 26.0. The van der Waals surface area contributed by atoms with Gasteiger partial charge in [0.1, 0.15) is 11.0 Å². The maximum absolute atomic E-state index is 14.2. The van der Waals surface area contributed by atoms with E-state index in [0.717, 1.165) is 114 Å². The fraction of sp³-hybridized carbons (Fsp3) is 0.630. The average molecular weight is 953 g/mol. The van der Waals surface area contributed by atoms with Crippen LogP contribution in [0.5, 0.6) is 11.8 Å². The van der Waals surface area contributed by atoms with Crippen LogP contribution < -0.4 is 0 Å². The highest BCUT2D eigenvalue weighted by Gasteiger charge is 2.36. The third-order valence-electron chi connectivity index (χ3n) is 13.8. The van der Waals surface area contributed by atoms with E-state index in [9.17, 15) is 36.6 Å². The lowest BCUT2D eigenvalue weighted by Gasteiger charge is -2.21. The molecule has 4 aromatic heterocycles. The first-order valence-corrected chi connectivity index (χ1v) is 26.0. The molecule has 0 amide bonds. The normalized spacial score (nSPS) is 13.5. The van der Waals surface area contributed by atoms with Crippen molar-refractivity contribution in [3.05, 3.63) is 47.5 Å². The molecule has 2 aromatic carbocycles. The summed E-state index contributed by atoms with van der Waals surface area (Å²) in [6.07, 6.45) is 16.7. The summed E-state index contributed by atoms with van der Waals surface area (Å²) in [5, 5.41) is 25.7. The second kappa shape index (κ2) is 24.8. The van der Waals surface area contributed by atoms with Gasteiger partial charge in [-0.1, -0.05) is 169 Å². The van der Waals surface area contributed by atoms with E-state index in [-0.39, 0.29) is 79.4 Å². The van der Waals surface area contributed by atoms with Gasteiger partial charge in [0.05, 0.1) is 44.3 Å². The lowest BCUT2D eigenvalue weighted by Crippen LogP contribution is -2.10. The van der Waals surface area contributed by atoms with Gasteiger partial charge in [-0.15, -0.1) is 0 Å². The molecule has 6 rings (SSSR count). The second-order valence-corrected chi connectivity index (χ2v) is 19.2. The first-order chi connectivity index (χ1) is 32.7. The molecule has 0 aliphatic rings. The van der Waals surface area contributed by atoms with Crippen molar-refractivity contribution < 1.29 is 36.6 Å². The highest BCUT2D eigenvalue weighted by atomic mass is 19.4. The van der Waals surface area contributed by atoms with Gasteiger partial charge in [0.25, 0.3) is 0 Å². The number of rotatable bonds is 29. The zero-order valence-electron chi connectivity index (χ0n) is 40.8. The fourth-order valence-electron chi connectivity index (χ4n) is 10.0. The molecule has 6 aromatic rings. The van der Waals surface area contributed by atoms with E-state index in [0.29, 0.717) is 25.7 Å². The monoisotopic (exact) mass is 953 g/mol. The van der Waals surface area contributed by atoms with Gasteiger partial charge in [0, 0.05) is 12.1 Å². The number of fused-ring (bicyclic) bond motifs is 4. The average Bonchev–Trinajstić information content (AvgIpc) is 3.73. The number of halogens is 6. The van der Waals surface area contributed by atoms with Crippen LogP contribution >= 0.6 is 0 Å². The largest absolute Gasteiger partial charge is 0.494 e. The number of benzene rings is 2. The van der Waals surface area contributed by atoms with Crippen LogP contribution in [0.1, 0.15) is 218 Å². The zero-order chi connectivity index (χ0) is 48.8. The Hall–Kier alpha value is -4.62. The number of aromatic hydroxyl groups is 2. The number of nitrogens with zero attached hydrogens (tertiary/aromatic N) is 6. The van der Waals surface area contributed by atoms with Crippen LogP contribution in [0.3, 0.4) is 0 Å². The summed E-state index contributed by atoms with van der Waals surface area (Å²) in [5.41, 5.74) is -0.871. The van der Waals surface area contributed by atoms with Crippen molar-refractivity contribution in [3.8, 4) is 22.9 Å². The minimum Gasteiger partial charge on any atom is -0.494 e. The van der Waals surface area contributed by atoms with Crippen LogP contribution in [-0.4, -0.2) is 39.3 Å². The van der Waals surface area contributed by atoms with Crippen molar-refractivity contribution in [2.45, 2.75) is 219 Å². The number of hydrogen-bond donors (Lipinski definition) is 2. The van der Waals surface area contributed by atoms with E-state index in [1.54, 1.807) is 9.13 Å². The molecular weight excluding hydrogens is 879 g/mol. The van der Waals surface area contributed by atoms with Crippen LogP contribution in [0.15, 0.2) is 36.4 Å². The van der Waals surface area contributed by atoms with Crippen molar-refractivity contribution in [3.63, 3.8) is 0 Å². The second-order valence-electron chi connectivity index (χ2n) is 19.2. The molecule has 0 aliphatic heterocycles. The number of aromatic nitrogens is 6. The van der Waals surface area contributed by atoms with Crippen molar-refractivity contribution >= 4 is 44.4 Å². The van der Waals surface area contributed by atoms with Crippen LogP contribution in [0.4, 0.5) is 26.3 Å². The molecule has 68 heavy (non-hydrogen) atoms. The van der Waals surface area contributed by atoms with Crippen LogP contribution in [-0.2, 0) is 12.4 Å². The standard InChI is InChI=1S/C54H74F6N6O2/c1-5-9-13-15-17-19-21-25-29-39(27-23-11-7-3)65-49-47(61-43-35-37(53(55,56)57)31-33-41(43)63-49)45(51(65)67)46-48-50(64-42-34-32-38(54(58,59)60)36-44(42)62-48)66(52(46)68)40(28-24-12-8-4)30-26-22-20-18-16-14-10-6-2/h31-36,39-40,67-68H,5-30H2,1-4H3. The van der Waals surface area contributed by atoms with Gasteiger partial charge in [-0.3, -0.25) is 9.13 Å². The van der Waals surface area contributed by atoms with Gasteiger partial charge < -0.3 is 10.2 Å². The van der Waals surface area contributed by atoms with E-state index >= 15 is 0 Å². The van der Waals surface area contributed by atoms with E-state index in [1.807, 2.05) is 0 Å². The first kappa shape index (κ1) is 52.7. The Morgan fingerprint density at radius 2 is 0.706 bits per heavy atom. The van der Waals surface area contributed by atoms with Gasteiger partial charge in [-0.05, 0) is 62.1 Å². The summed E-state index contributed by atoms with van der Waals surface area (Å²) in [6, 6.07) is 5.82. The SMILES string of the molecule is CCCCCCCCCCC(CCCCC)n1c(O)c(-c2c(O)n(C(CCCCC)CCCCCCCCCC)c3nc4ccc(C(F)(F)F)cc4nc23)c2nc3cc(C(F)(F)F)ccc3nc21. The maximum Gasteiger partial charge on any atom is 0.416 e. The molecule has 8 nitrogen and oxygen atoms in total. The molecule has 2 unspecified atom stereocenters. The zero-order valence-corrected chi connectivity index (χ0v) is 40.8. The van der Waals surface area contributed by atoms with Crippen LogP contribution in [0, 0.1) is 0 Å². The Labute approximate surface area is 398 Å². The summed E-state index contributed by atoms with van der Waals surface area (Å²) >= 11 is 0. The molecule has 4 heterocycles. The van der Waals surface area contributed by atoms with Gasteiger partial charge in [0.15, 0.2) is 11.3 Å². The molecule has 374 valence electrons. The van der Waals surface area contributed by atoms with Crippen molar-refractivity contribution in [1.29, 1.82) is 0 Å². The van der Waals surface area contributed by atoms with Crippen molar-refractivity contribution in [2.75, 3.05) is 0 Å². The van der Waals surface area contributed by atoms with Crippen molar-refractivity contribution in [1.82, 2.24) is 29.1 Å². The Bertz CT molecular complexity index is 2350. The highest BCUT2D eigenvalue weighted by Crippen LogP contribution is 2.50. The molecule has 0 spiro atoms. The Morgan fingerprint density at radius 3 is 1.03 bits per heavy atom. The summed E-state index contributed by atoms with van der Waals surface area (Å²) in [4.78, 5) is 19.6. The van der Waals surface area contributed by atoms with E-state index < -0.39 is 23.5 Å². The number of hydrogen-bond acceptors (Lipinski definition) is 6. The molecule has 0 saturated carbocycles. The van der Waals surface area contributed by atoms with Crippen molar-refractivity contribution in [2.24, 2.45) is 0 Å². The molecule has 0 fully saturated rings. The Balaban J connectivity index is 1.58. The smallest absolute Gasteiger partial charge is 0.416 e. The third kappa shape index (κ3) is 13.0. The van der Waals surface area contributed by atoms with Gasteiger partial charge in [-0.25, -0.2) is 19.9 Å². The minimum absolute atomic E-state index is 0.0180. The molecule has 0 bridgehead atoms. The predicted molar refractivity (Wildman–Crippen MR) is 263 cm³/mol. The van der Waals surface area contributed by atoms with E-state index in [1.165, 1.54) is 63.5 Å². The fourth-order valence-corrected chi connectivity index (χ4v) is 10.0.